The maximum atomic E-state index is 10.5. The molecule has 10 nitrogen and oxygen atoms in total. The smallest absolute Gasteiger partial charge is 0.126 e. The molecular weight excluding hydrogens is 504 g/mol. The number of methoxy groups -OCH3 is 4. The van der Waals surface area contributed by atoms with Gasteiger partial charge in [0, 0.05) is 75.7 Å². The van der Waals surface area contributed by atoms with Crippen molar-refractivity contribution >= 4 is 12.4 Å². The van der Waals surface area contributed by atoms with Gasteiger partial charge in [0.05, 0.1) is 28.4 Å². The van der Waals surface area contributed by atoms with Crippen molar-refractivity contribution in [2.45, 2.75) is 12.2 Å². The van der Waals surface area contributed by atoms with Crippen LogP contribution >= 0.6 is 12.4 Å². The highest BCUT2D eigenvalue weighted by Crippen LogP contribution is 2.28. The molecule has 1 fully saturated rings. The highest BCUT2D eigenvalue weighted by molar-refractivity contribution is 5.85. The van der Waals surface area contributed by atoms with Gasteiger partial charge in [-0.2, -0.15) is 0 Å². The summed E-state index contributed by atoms with van der Waals surface area (Å²) >= 11 is 0. The Balaban J connectivity index is 0.00000481. The average Bonchev–Trinajstić information content (AvgIpc) is 2.91. The molecule has 1 heterocycles. The summed E-state index contributed by atoms with van der Waals surface area (Å²) in [6, 6.07) is 10.6. The Morgan fingerprint density at radius 1 is 0.568 bits per heavy atom. The van der Waals surface area contributed by atoms with Gasteiger partial charge < -0.3 is 38.6 Å². The summed E-state index contributed by atoms with van der Waals surface area (Å²) in [7, 11) is 6.32. The fraction of sp³-hybridized carbons (Fsp3) is 0.538. The standard InChI is InChI=1S/C26H38N2O8.ClH/c1-31-21-9-22(32-2)12-25(11-21)35-17-19(29)15-27-5-7-28(8-6-27)16-20(30)18-36-26-13-23(33-3)10-24(14-26)34-4;/h9-14,19-20,29-30H,5-8,15-18H2,1-4H3;1H. The summed E-state index contributed by atoms with van der Waals surface area (Å²) in [4.78, 5) is 4.39. The van der Waals surface area contributed by atoms with Gasteiger partial charge in [-0.25, -0.2) is 0 Å². The second-order valence-corrected chi connectivity index (χ2v) is 8.63. The SMILES string of the molecule is COc1cc(OC)cc(OCC(O)CN2CCN(CC(O)COc3cc(OC)cc(OC)c3)CC2)c1.Cl. The van der Waals surface area contributed by atoms with Crippen LogP contribution in [0.25, 0.3) is 0 Å². The molecule has 0 radical (unpaired) electrons. The lowest BCUT2D eigenvalue weighted by atomic mass is 10.2. The normalized spacial score (nSPS) is 15.7. The van der Waals surface area contributed by atoms with E-state index in [1.54, 1.807) is 64.8 Å². The highest BCUT2D eigenvalue weighted by Gasteiger charge is 2.22. The average molecular weight is 543 g/mol. The molecule has 1 saturated heterocycles. The van der Waals surface area contributed by atoms with Crippen LogP contribution in [-0.4, -0.2) is 113 Å². The van der Waals surface area contributed by atoms with Crippen LogP contribution in [0.2, 0.25) is 0 Å². The van der Waals surface area contributed by atoms with Gasteiger partial charge in [-0.15, -0.1) is 12.4 Å². The van der Waals surface area contributed by atoms with E-state index in [0.29, 0.717) is 47.6 Å². The number of halogens is 1. The number of ether oxygens (including phenoxy) is 6. The van der Waals surface area contributed by atoms with Crippen molar-refractivity contribution in [1.29, 1.82) is 0 Å². The molecule has 0 spiro atoms. The number of nitrogens with zero attached hydrogens (tertiary/aromatic N) is 2. The van der Waals surface area contributed by atoms with E-state index in [4.69, 9.17) is 28.4 Å². The van der Waals surface area contributed by atoms with E-state index in [0.717, 1.165) is 26.2 Å². The highest BCUT2D eigenvalue weighted by atomic mass is 35.5. The molecule has 0 saturated carbocycles. The Kier molecular flexibility index (Phi) is 12.9. The van der Waals surface area contributed by atoms with Gasteiger partial charge in [0.2, 0.25) is 0 Å². The molecule has 0 amide bonds. The summed E-state index contributed by atoms with van der Waals surface area (Å²) in [5, 5.41) is 20.9. The third kappa shape index (κ3) is 9.98. The molecule has 0 bridgehead atoms. The lowest BCUT2D eigenvalue weighted by molar-refractivity contribution is 0.0240. The van der Waals surface area contributed by atoms with E-state index in [9.17, 15) is 10.2 Å². The number of benzene rings is 2. The Morgan fingerprint density at radius 3 is 1.11 bits per heavy atom. The first-order chi connectivity index (χ1) is 17.4. The fourth-order valence-electron chi connectivity index (χ4n) is 3.97. The monoisotopic (exact) mass is 542 g/mol. The molecule has 208 valence electrons. The lowest BCUT2D eigenvalue weighted by Crippen LogP contribution is -2.51. The van der Waals surface area contributed by atoms with Crippen LogP contribution in [0.3, 0.4) is 0 Å². The fourth-order valence-corrected chi connectivity index (χ4v) is 3.97. The summed E-state index contributed by atoms with van der Waals surface area (Å²) in [6.07, 6.45) is -1.26. The van der Waals surface area contributed by atoms with Crippen molar-refractivity contribution in [3.63, 3.8) is 0 Å². The third-order valence-corrected chi connectivity index (χ3v) is 5.94. The predicted molar refractivity (Wildman–Crippen MR) is 142 cm³/mol. The quantitative estimate of drug-likeness (QED) is 0.368. The maximum Gasteiger partial charge on any atom is 0.126 e. The Morgan fingerprint density at radius 2 is 0.838 bits per heavy atom. The summed E-state index contributed by atoms with van der Waals surface area (Å²) < 4.78 is 32.5. The zero-order valence-corrected chi connectivity index (χ0v) is 22.7. The topological polar surface area (TPSA) is 102 Å². The van der Waals surface area contributed by atoms with Crippen molar-refractivity contribution in [2.75, 3.05) is 80.9 Å². The summed E-state index contributed by atoms with van der Waals surface area (Å²) in [6.45, 7) is 4.55. The Bertz CT molecular complexity index is 823. The van der Waals surface area contributed by atoms with E-state index in [-0.39, 0.29) is 25.6 Å². The van der Waals surface area contributed by atoms with Crippen molar-refractivity contribution in [3.05, 3.63) is 36.4 Å². The number of aliphatic hydroxyl groups is 2. The van der Waals surface area contributed by atoms with Crippen LogP contribution in [0.5, 0.6) is 34.5 Å². The van der Waals surface area contributed by atoms with Crippen LogP contribution in [0.1, 0.15) is 0 Å². The van der Waals surface area contributed by atoms with Crippen molar-refractivity contribution in [3.8, 4) is 34.5 Å². The third-order valence-electron chi connectivity index (χ3n) is 5.94. The van der Waals surface area contributed by atoms with Gasteiger partial charge in [0.15, 0.2) is 0 Å². The largest absolute Gasteiger partial charge is 0.496 e. The molecule has 2 aromatic carbocycles. The predicted octanol–water partition coefficient (Wildman–Crippen LogP) is 1.94. The molecule has 2 N–H and O–H groups in total. The van der Waals surface area contributed by atoms with Gasteiger partial charge in [0.1, 0.15) is 59.9 Å². The van der Waals surface area contributed by atoms with E-state index in [1.807, 2.05) is 0 Å². The van der Waals surface area contributed by atoms with Crippen LogP contribution in [-0.2, 0) is 0 Å². The number of piperazine rings is 1. The number of rotatable bonds is 14. The zero-order chi connectivity index (χ0) is 25.9. The maximum absolute atomic E-state index is 10.5. The minimum absolute atomic E-state index is 0. The first-order valence-corrected chi connectivity index (χ1v) is 11.9. The van der Waals surface area contributed by atoms with Gasteiger partial charge in [-0.3, -0.25) is 9.80 Å². The Hall–Kier alpha value is -2.63. The number of aliphatic hydroxyl groups excluding tert-OH is 2. The van der Waals surface area contributed by atoms with Crippen LogP contribution < -0.4 is 28.4 Å². The van der Waals surface area contributed by atoms with E-state index >= 15 is 0 Å². The second-order valence-electron chi connectivity index (χ2n) is 8.63. The van der Waals surface area contributed by atoms with E-state index < -0.39 is 12.2 Å². The molecule has 2 aromatic rings. The molecule has 1 aliphatic rings. The molecule has 1 aliphatic heterocycles. The van der Waals surface area contributed by atoms with Crippen LogP contribution in [0, 0.1) is 0 Å². The molecule has 3 rings (SSSR count). The van der Waals surface area contributed by atoms with Gasteiger partial charge in [-0.05, 0) is 0 Å². The molecule has 0 aromatic heterocycles. The van der Waals surface area contributed by atoms with Crippen LogP contribution in [0.4, 0.5) is 0 Å². The Labute approximate surface area is 225 Å². The molecule has 2 atom stereocenters. The van der Waals surface area contributed by atoms with Crippen molar-refractivity contribution < 1.29 is 38.6 Å². The summed E-state index contributed by atoms with van der Waals surface area (Å²) in [5.74, 6) is 3.69. The first-order valence-electron chi connectivity index (χ1n) is 11.9. The number of β-amino-alcohol motifs (C(OH)–C–C–N with tert-alkyl or cyclic N) is 2. The van der Waals surface area contributed by atoms with Gasteiger partial charge in [-0.1, -0.05) is 0 Å². The number of hydrogen-bond acceptors (Lipinski definition) is 10. The van der Waals surface area contributed by atoms with Crippen LogP contribution in [0.15, 0.2) is 36.4 Å². The molecule has 0 aliphatic carbocycles. The van der Waals surface area contributed by atoms with Crippen molar-refractivity contribution in [2.24, 2.45) is 0 Å². The minimum Gasteiger partial charge on any atom is -0.496 e. The van der Waals surface area contributed by atoms with E-state index in [1.165, 1.54) is 0 Å². The molecule has 37 heavy (non-hydrogen) atoms. The first kappa shape index (κ1) is 30.6. The summed E-state index contributed by atoms with van der Waals surface area (Å²) in [5.41, 5.74) is 0. The molecule has 2 unspecified atom stereocenters. The molecular formula is C26H39ClN2O8. The molecule has 11 heteroatoms. The minimum atomic E-state index is -0.632. The van der Waals surface area contributed by atoms with Crippen molar-refractivity contribution in [1.82, 2.24) is 9.80 Å². The second kappa shape index (κ2) is 15.6. The van der Waals surface area contributed by atoms with Gasteiger partial charge >= 0.3 is 0 Å². The van der Waals surface area contributed by atoms with E-state index in [2.05, 4.69) is 9.80 Å². The van der Waals surface area contributed by atoms with Gasteiger partial charge in [0.25, 0.3) is 0 Å². The number of hydrogen-bond donors (Lipinski definition) is 2. The zero-order valence-electron chi connectivity index (χ0n) is 21.9. The lowest BCUT2D eigenvalue weighted by Gasteiger charge is -2.36.